The topological polar surface area (TPSA) is 37.3 Å². The van der Waals surface area contributed by atoms with Crippen molar-refractivity contribution in [3.05, 3.63) is 23.8 Å². The predicted molar refractivity (Wildman–Crippen MR) is 45.4 cm³/mol. The summed E-state index contributed by atoms with van der Waals surface area (Å²) in [6.45, 7) is 3.98. The smallest absolute Gasteiger partial charge is 0.328 e. The molecule has 2 heteroatoms. The van der Waals surface area contributed by atoms with Gasteiger partial charge < -0.3 is 5.11 Å². The van der Waals surface area contributed by atoms with Crippen LogP contribution in [0.25, 0.3) is 0 Å². The molecule has 0 saturated carbocycles. The Morgan fingerprint density at radius 1 is 1.45 bits per heavy atom. The highest BCUT2D eigenvalue weighted by Gasteiger charge is 1.90. The zero-order valence-electron chi connectivity index (χ0n) is 7.00. The van der Waals surface area contributed by atoms with Crippen LogP contribution in [0.2, 0.25) is 0 Å². The van der Waals surface area contributed by atoms with Crippen LogP contribution in [0, 0.1) is 0 Å². The van der Waals surface area contributed by atoms with Crippen LogP contribution in [-0.4, -0.2) is 11.1 Å². The average molecular weight is 154 g/mol. The van der Waals surface area contributed by atoms with Gasteiger partial charge in [0.05, 0.1) is 0 Å². The van der Waals surface area contributed by atoms with E-state index in [1.807, 2.05) is 13.0 Å². The lowest BCUT2D eigenvalue weighted by molar-refractivity contribution is -0.131. The van der Waals surface area contributed by atoms with Crippen molar-refractivity contribution < 1.29 is 9.90 Å². The summed E-state index contributed by atoms with van der Waals surface area (Å²) in [6.07, 6.45) is 6.74. The van der Waals surface area contributed by atoms with Crippen LogP contribution >= 0.6 is 0 Å². The zero-order valence-corrected chi connectivity index (χ0v) is 7.00. The van der Waals surface area contributed by atoms with Gasteiger partial charge in [-0.05, 0) is 13.3 Å². The Morgan fingerprint density at radius 2 is 2.09 bits per heavy atom. The minimum absolute atomic E-state index is 0.888. The van der Waals surface area contributed by atoms with Crippen molar-refractivity contribution >= 4 is 5.97 Å². The van der Waals surface area contributed by atoms with Gasteiger partial charge in [0, 0.05) is 6.08 Å². The van der Waals surface area contributed by atoms with E-state index in [2.05, 4.69) is 6.92 Å². The van der Waals surface area contributed by atoms with Gasteiger partial charge in [0.15, 0.2) is 0 Å². The lowest BCUT2D eigenvalue weighted by Gasteiger charge is -1.95. The number of allylic oxidation sites excluding steroid dienone is 3. The lowest BCUT2D eigenvalue weighted by Crippen LogP contribution is -1.87. The molecule has 0 aliphatic rings. The normalized spacial score (nSPS) is 12.4. The molecule has 0 fully saturated rings. The number of aliphatic carboxylic acids is 1. The van der Waals surface area contributed by atoms with E-state index in [1.165, 1.54) is 6.08 Å². The molecule has 0 saturated heterocycles. The predicted octanol–water partition coefficient (Wildman–Crippen LogP) is 2.37. The molecular weight excluding hydrogens is 140 g/mol. The fourth-order valence-corrected chi connectivity index (χ4v) is 0.791. The van der Waals surface area contributed by atoms with Crippen molar-refractivity contribution in [1.29, 1.82) is 0 Å². The number of carboxylic acid groups (broad SMARTS) is 1. The van der Waals surface area contributed by atoms with Crippen LogP contribution in [0.15, 0.2) is 23.8 Å². The van der Waals surface area contributed by atoms with Gasteiger partial charge in [0.1, 0.15) is 0 Å². The Morgan fingerprint density at radius 3 is 2.45 bits per heavy atom. The second-order valence-electron chi connectivity index (χ2n) is 2.29. The Balaban J connectivity index is 3.98. The van der Waals surface area contributed by atoms with Crippen molar-refractivity contribution in [3.63, 3.8) is 0 Å². The van der Waals surface area contributed by atoms with Crippen LogP contribution in [0.3, 0.4) is 0 Å². The number of carbonyl (C=O) groups is 1. The summed E-state index contributed by atoms with van der Waals surface area (Å²) >= 11 is 0. The van der Waals surface area contributed by atoms with Crippen molar-refractivity contribution in [3.8, 4) is 0 Å². The van der Waals surface area contributed by atoms with Crippen molar-refractivity contribution in [2.75, 3.05) is 0 Å². The number of hydrogen-bond donors (Lipinski definition) is 1. The second-order valence-corrected chi connectivity index (χ2v) is 2.29. The Labute approximate surface area is 67.2 Å². The fourth-order valence-electron chi connectivity index (χ4n) is 0.791. The molecule has 0 aliphatic heterocycles. The minimum Gasteiger partial charge on any atom is -0.478 e. The van der Waals surface area contributed by atoms with E-state index in [-0.39, 0.29) is 0 Å². The van der Waals surface area contributed by atoms with Gasteiger partial charge in [0.2, 0.25) is 0 Å². The molecule has 0 rings (SSSR count). The summed E-state index contributed by atoms with van der Waals surface area (Å²) in [4.78, 5) is 10.1. The van der Waals surface area contributed by atoms with E-state index in [1.54, 1.807) is 6.08 Å². The first kappa shape index (κ1) is 9.95. The molecule has 0 aromatic rings. The van der Waals surface area contributed by atoms with Crippen LogP contribution in [0.1, 0.15) is 26.7 Å². The van der Waals surface area contributed by atoms with E-state index in [0.717, 1.165) is 18.4 Å². The molecule has 2 nitrogen and oxygen atoms in total. The van der Waals surface area contributed by atoms with E-state index in [9.17, 15) is 4.79 Å². The molecule has 0 heterocycles. The van der Waals surface area contributed by atoms with Crippen LogP contribution < -0.4 is 0 Å². The molecule has 0 aliphatic carbocycles. The summed E-state index contributed by atoms with van der Waals surface area (Å²) < 4.78 is 0. The monoisotopic (exact) mass is 154 g/mol. The van der Waals surface area contributed by atoms with E-state index in [0.29, 0.717) is 0 Å². The lowest BCUT2D eigenvalue weighted by atomic mass is 10.1. The van der Waals surface area contributed by atoms with Gasteiger partial charge in [-0.25, -0.2) is 4.79 Å². The third-order valence-corrected chi connectivity index (χ3v) is 1.35. The molecule has 0 atom stereocenters. The van der Waals surface area contributed by atoms with E-state index >= 15 is 0 Å². The number of hydrogen-bond acceptors (Lipinski definition) is 1. The van der Waals surface area contributed by atoms with Gasteiger partial charge in [-0.3, -0.25) is 0 Å². The highest BCUT2D eigenvalue weighted by atomic mass is 16.4. The molecule has 11 heavy (non-hydrogen) atoms. The summed E-state index contributed by atoms with van der Waals surface area (Å²) in [5.74, 6) is -0.888. The maximum Gasteiger partial charge on any atom is 0.328 e. The van der Waals surface area contributed by atoms with E-state index in [4.69, 9.17) is 5.11 Å². The third kappa shape index (κ3) is 5.40. The van der Waals surface area contributed by atoms with Gasteiger partial charge in [-0.1, -0.05) is 31.1 Å². The first-order valence-electron chi connectivity index (χ1n) is 3.77. The fraction of sp³-hybridized carbons (Fsp3) is 0.444. The van der Waals surface area contributed by atoms with Crippen molar-refractivity contribution in [1.82, 2.24) is 0 Å². The Hall–Kier alpha value is -1.05. The van der Waals surface area contributed by atoms with Crippen LogP contribution in [0.4, 0.5) is 0 Å². The highest BCUT2D eigenvalue weighted by molar-refractivity contribution is 5.80. The van der Waals surface area contributed by atoms with Gasteiger partial charge in [0.25, 0.3) is 0 Å². The Kier molecular flexibility index (Phi) is 5.17. The van der Waals surface area contributed by atoms with Gasteiger partial charge in [-0.15, -0.1) is 0 Å². The first-order chi connectivity index (χ1) is 5.20. The molecule has 62 valence electrons. The number of rotatable bonds is 4. The molecule has 0 bridgehead atoms. The second kappa shape index (κ2) is 5.71. The van der Waals surface area contributed by atoms with Crippen LogP contribution in [-0.2, 0) is 4.79 Å². The molecule has 0 aromatic carbocycles. The molecule has 1 N–H and O–H groups in total. The standard InChI is InChI=1S/C9H14O2/c1-3-5-8(4-2)6-7-9(10)11/h4,6-7H,3,5H2,1-2H3,(H,10,11)/b7-6+,8-4+. The molecular formula is C9H14O2. The zero-order chi connectivity index (χ0) is 8.69. The maximum absolute atomic E-state index is 10.1. The largest absolute Gasteiger partial charge is 0.478 e. The van der Waals surface area contributed by atoms with E-state index < -0.39 is 5.97 Å². The van der Waals surface area contributed by atoms with Crippen molar-refractivity contribution in [2.24, 2.45) is 0 Å². The average Bonchev–Trinajstić information content (AvgIpc) is 1.97. The quantitative estimate of drug-likeness (QED) is 0.498. The van der Waals surface area contributed by atoms with Crippen molar-refractivity contribution in [2.45, 2.75) is 26.7 Å². The number of carboxylic acids is 1. The maximum atomic E-state index is 10.1. The Bertz CT molecular complexity index is 178. The van der Waals surface area contributed by atoms with Gasteiger partial charge in [-0.2, -0.15) is 0 Å². The minimum atomic E-state index is -0.888. The SMILES string of the molecule is C/C=C(/C=C/C(=O)O)CCC. The summed E-state index contributed by atoms with van der Waals surface area (Å²) in [5.41, 5.74) is 1.08. The first-order valence-corrected chi connectivity index (χ1v) is 3.77. The third-order valence-electron chi connectivity index (χ3n) is 1.35. The summed E-state index contributed by atoms with van der Waals surface area (Å²) in [6, 6.07) is 0. The highest BCUT2D eigenvalue weighted by Crippen LogP contribution is 2.05. The molecule has 0 radical (unpaired) electrons. The summed E-state index contributed by atoms with van der Waals surface area (Å²) in [5, 5.41) is 8.31. The molecule has 0 amide bonds. The van der Waals surface area contributed by atoms with Gasteiger partial charge >= 0.3 is 5.97 Å². The summed E-state index contributed by atoms with van der Waals surface area (Å²) in [7, 11) is 0. The molecule has 0 aromatic heterocycles. The molecule has 0 spiro atoms. The van der Waals surface area contributed by atoms with Crippen LogP contribution in [0.5, 0.6) is 0 Å². The molecule has 0 unspecified atom stereocenters.